The van der Waals surface area contributed by atoms with Crippen molar-refractivity contribution in [2.45, 2.75) is 70.7 Å². The number of benzene rings is 2. The second kappa shape index (κ2) is 13.3. The number of ether oxygens (including phenoxy) is 3. The Labute approximate surface area is 244 Å². The third-order valence-corrected chi connectivity index (χ3v) is 7.02. The summed E-state index contributed by atoms with van der Waals surface area (Å²) in [7, 11) is 0. The predicted molar refractivity (Wildman–Crippen MR) is 156 cm³/mol. The molecule has 0 aliphatic heterocycles. The Hall–Kier alpha value is -3.73. The van der Waals surface area contributed by atoms with Gasteiger partial charge < -0.3 is 30.0 Å². The Kier molecular flexibility index (Phi) is 10.3. The quantitative estimate of drug-likeness (QED) is 0.261. The normalized spacial score (nSPS) is 14.2. The topological polar surface area (TPSA) is 140 Å². The first-order valence-corrected chi connectivity index (χ1v) is 14.4. The molecule has 0 spiro atoms. The van der Waals surface area contributed by atoms with Gasteiger partial charge in [0, 0.05) is 17.4 Å². The molecule has 1 aliphatic carbocycles. The number of alkyl carbamates (subject to hydrolysis) is 2. The van der Waals surface area contributed by atoms with Crippen molar-refractivity contribution >= 4 is 35.9 Å². The molecule has 0 fully saturated rings. The number of fused-ring (bicyclic) bond motifs is 3. The Morgan fingerprint density at radius 1 is 0.780 bits per heavy atom. The highest BCUT2D eigenvalue weighted by Crippen LogP contribution is 2.44. The van der Waals surface area contributed by atoms with Crippen LogP contribution in [0.2, 0.25) is 0 Å². The summed E-state index contributed by atoms with van der Waals surface area (Å²) in [6, 6.07) is 13.4. The molecular weight excluding hydrogens is 548 g/mol. The average molecular weight is 587 g/mol. The molecule has 0 radical (unpaired) electrons. The maximum atomic E-state index is 12.7. The highest BCUT2D eigenvalue weighted by Gasteiger charge is 2.31. The van der Waals surface area contributed by atoms with Crippen LogP contribution in [-0.4, -0.2) is 70.6 Å². The first-order chi connectivity index (χ1) is 19.1. The van der Waals surface area contributed by atoms with E-state index in [0.717, 1.165) is 34.0 Å². The fourth-order valence-corrected chi connectivity index (χ4v) is 5.30. The van der Waals surface area contributed by atoms with Gasteiger partial charge >= 0.3 is 24.1 Å². The zero-order valence-corrected chi connectivity index (χ0v) is 25.0. The molecule has 10 nitrogen and oxygen atoms in total. The van der Waals surface area contributed by atoms with Crippen LogP contribution in [0.3, 0.4) is 0 Å². The van der Waals surface area contributed by atoms with Crippen molar-refractivity contribution in [3.8, 4) is 11.1 Å². The number of carboxylic acid groups (broad SMARTS) is 1. The molecule has 0 aromatic heterocycles. The summed E-state index contributed by atoms with van der Waals surface area (Å²) in [6.07, 6.45) is -1.67. The van der Waals surface area contributed by atoms with Gasteiger partial charge in [-0.2, -0.15) is 11.8 Å². The van der Waals surface area contributed by atoms with Crippen LogP contribution in [0.15, 0.2) is 48.5 Å². The van der Waals surface area contributed by atoms with E-state index >= 15 is 0 Å². The first-order valence-electron chi connectivity index (χ1n) is 13.3. The molecule has 41 heavy (non-hydrogen) atoms. The molecule has 0 heterocycles. The lowest BCUT2D eigenvalue weighted by molar-refractivity contribution is -0.156. The molecule has 0 bridgehead atoms. The van der Waals surface area contributed by atoms with E-state index in [0.29, 0.717) is 0 Å². The molecule has 3 rings (SSSR count). The Balaban J connectivity index is 1.58. The number of nitrogens with one attached hydrogen (secondary N) is 2. The van der Waals surface area contributed by atoms with Crippen molar-refractivity contribution in [3.05, 3.63) is 59.7 Å². The fourth-order valence-electron chi connectivity index (χ4n) is 4.25. The minimum absolute atomic E-state index is 0.00962. The monoisotopic (exact) mass is 586 g/mol. The largest absolute Gasteiger partial charge is 0.480 e. The number of rotatable bonds is 10. The van der Waals surface area contributed by atoms with Gasteiger partial charge in [0.1, 0.15) is 29.9 Å². The molecule has 1 aliphatic rings. The van der Waals surface area contributed by atoms with Gasteiger partial charge in [-0.15, -0.1) is 0 Å². The van der Waals surface area contributed by atoms with Crippen molar-refractivity contribution in [1.29, 1.82) is 0 Å². The molecular formula is C30H38N2O8S. The third kappa shape index (κ3) is 9.41. The molecule has 0 saturated heterocycles. The minimum atomic E-state index is -1.29. The summed E-state index contributed by atoms with van der Waals surface area (Å²) in [5.41, 5.74) is 2.66. The second-order valence-corrected chi connectivity index (χ2v) is 12.7. The standard InChI is InChI=1S/C30H38N2O8S/c1-29(2,3)39-26(35)24(32-28(37)40-30(4,5)6)17-41-16-23(25(33)34)31-27(36)38-15-22-20-13-9-7-11-18(20)19-12-8-10-14-21(19)22/h7-14,22-24H,15-17H2,1-6H3,(H,31,36)(H,32,37)(H,33,34)/t23?,24-/m0/s1. The fraction of sp³-hybridized carbons (Fsp3) is 0.467. The number of carbonyl (C=O) groups excluding carboxylic acids is 3. The summed E-state index contributed by atoms with van der Waals surface area (Å²) in [4.78, 5) is 49.5. The van der Waals surface area contributed by atoms with Crippen LogP contribution in [0, 0.1) is 0 Å². The van der Waals surface area contributed by atoms with Gasteiger partial charge in [0.25, 0.3) is 0 Å². The summed E-state index contributed by atoms with van der Waals surface area (Å²) in [5.74, 6) is -2.22. The van der Waals surface area contributed by atoms with E-state index in [9.17, 15) is 24.3 Å². The number of aliphatic carboxylic acids is 1. The maximum absolute atomic E-state index is 12.7. The lowest BCUT2D eigenvalue weighted by atomic mass is 9.98. The molecule has 0 saturated carbocycles. The van der Waals surface area contributed by atoms with Crippen molar-refractivity contribution in [2.24, 2.45) is 0 Å². The average Bonchev–Trinajstić information content (AvgIpc) is 3.17. The number of thioether (sulfide) groups is 1. The Morgan fingerprint density at radius 3 is 1.78 bits per heavy atom. The van der Waals surface area contributed by atoms with Gasteiger partial charge in [-0.05, 0) is 63.8 Å². The first kappa shape index (κ1) is 31.8. The van der Waals surface area contributed by atoms with Crippen LogP contribution in [0.1, 0.15) is 58.6 Å². The van der Waals surface area contributed by atoms with E-state index in [1.165, 1.54) is 0 Å². The summed E-state index contributed by atoms with van der Waals surface area (Å²) in [6.45, 7) is 10.2. The van der Waals surface area contributed by atoms with Gasteiger partial charge in [0.05, 0.1) is 0 Å². The molecule has 3 N–H and O–H groups in total. The SMILES string of the molecule is CC(C)(C)OC(=O)N[C@@H](CSCC(NC(=O)OCC1c2ccccc2-c2ccccc21)C(=O)O)C(=O)OC(C)(C)C. The number of esters is 1. The van der Waals surface area contributed by atoms with Gasteiger partial charge in [0.15, 0.2) is 0 Å². The molecule has 1 unspecified atom stereocenters. The van der Waals surface area contributed by atoms with Crippen molar-refractivity contribution in [2.75, 3.05) is 18.1 Å². The highest BCUT2D eigenvalue weighted by molar-refractivity contribution is 7.99. The van der Waals surface area contributed by atoms with E-state index in [4.69, 9.17) is 14.2 Å². The molecule has 11 heteroatoms. The number of carbonyl (C=O) groups is 4. The van der Waals surface area contributed by atoms with Crippen molar-refractivity contribution in [3.63, 3.8) is 0 Å². The third-order valence-electron chi connectivity index (χ3n) is 5.89. The van der Waals surface area contributed by atoms with Gasteiger partial charge in [-0.3, -0.25) is 0 Å². The van der Waals surface area contributed by atoms with E-state index in [1.807, 2.05) is 48.5 Å². The predicted octanol–water partition coefficient (Wildman–Crippen LogP) is 4.95. The molecule has 2 atom stereocenters. The highest BCUT2D eigenvalue weighted by atomic mass is 32.2. The second-order valence-electron chi connectivity index (χ2n) is 11.6. The van der Waals surface area contributed by atoms with E-state index in [2.05, 4.69) is 10.6 Å². The molecule has 2 aromatic carbocycles. The Morgan fingerprint density at radius 2 is 1.27 bits per heavy atom. The summed E-state index contributed by atoms with van der Waals surface area (Å²) >= 11 is 1.06. The van der Waals surface area contributed by atoms with Crippen LogP contribution in [-0.2, 0) is 23.8 Å². The van der Waals surface area contributed by atoms with Crippen LogP contribution in [0.25, 0.3) is 11.1 Å². The van der Waals surface area contributed by atoms with E-state index in [-0.39, 0.29) is 24.0 Å². The molecule has 2 aromatic rings. The number of carboxylic acids is 1. The smallest absolute Gasteiger partial charge is 0.408 e. The lowest BCUT2D eigenvalue weighted by Gasteiger charge is -2.26. The van der Waals surface area contributed by atoms with Gasteiger partial charge in [-0.1, -0.05) is 48.5 Å². The van der Waals surface area contributed by atoms with E-state index in [1.54, 1.807) is 41.5 Å². The summed E-state index contributed by atoms with van der Waals surface area (Å²) in [5, 5.41) is 14.6. The number of hydrogen-bond acceptors (Lipinski definition) is 8. The van der Waals surface area contributed by atoms with Crippen LogP contribution in [0.5, 0.6) is 0 Å². The lowest BCUT2D eigenvalue weighted by Crippen LogP contribution is -2.48. The zero-order valence-electron chi connectivity index (χ0n) is 24.2. The molecule has 222 valence electrons. The number of hydrogen-bond donors (Lipinski definition) is 3. The summed E-state index contributed by atoms with van der Waals surface area (Å²) < 4.78 is 16.1. The maximum Gasteiger partial charge on any atom is 0.408 e. The zero-order chi connectivity index (χ0) is 30.4. The number of amides is 2. The van der Waals surface area contributed by atoms with Crippen LogP contribution in [0.4, 0.5) is 9.59 Å². The van der Waals surface area contributed by atoms with Crippen LogP contribution >= 0.6 is 11.8 Å². The van der Waals surface area contributed by atoms with Crippen molar-refractivity contribution in [1.82, 2.24) is 10.6 Å². The molecule has 2 amide bonds. The van der Waals surface area contributed by atoms with Crippen molar-refractivity contribution < 1.29 is 38.5 Å². The Bertz CT molecular complexity index is 1220. The van der Waals surface area contributed by atoms with E-state index < -0.39 is 47.4 Å². The van der Waals surface area contributed by atoms with Crippen LogP contribution < -0.4 is 10.6 Å². The van der Waals surface area contributed by atoms with Gasteiger partial charge in [-0.25, -0.2) is 19.2 Å². The van der Waals surface area contributed by atoms with Gasteiger partial charge in [0.2, 0.25) is 0 Å². The minimum Gasteiger partial charge on any atom is -0.480 e.